The van der Waals surface area contributed by atoms with Crippen molar-refractivity contribution in [3.05, 3.63) is 40.7 Å². The van der Waals surface area contributed by atoms with Crippen LogP contribution >= 0.6 is 11.6 Å². The van der Waals surface area contributed by atoms with E-state index in [-0.39, 0.29) is 0 Å². The topological polar surface area (TPSA) is 63.0 Å². The van der Waals surface area contributed by atoms with E-state index < -0.39 is 0 Å². The molecule has 2 rings (SSSR count). The molecule has 2 aromatic rings. The Kier molecular flexibility index (Phi) is 3.95. The van der Waals surface area contributed by atoms with Crippen LogP contribution in [0.4, 0.5) is 6.01 Å². The number of anilines is 1. The molecular formula is C11H13ClN4O. The van der Waals surface area contributed by atoms with Gasteiger partial charge in [-0.1, -0.05) is 28.8 Å². The van der Waals surface area contributed by atoms with Gasteiger partial charge < -0.3 is 15.1 Å². The van der Waals surface area contributed by atoms with E-state index >= 15 is 0 Å². The van der Waals surface area contributed by atoms with E-state index in [9.17, 15) is 0 Å². The summed E-state index contributed by atoms with van der Waals surface area (Å²) < 4.78 is 5.35. The molecule has 0 spiro atoms. The summed E-state index contributed by atoms with van der Waals surface area (Å²) in [5, 5.41) is 14.5. The minimum absolute atomic E-state index is 0.421. The van der Waals surface area contributed by atoms with Crippen LogP contribution in [0.25, 0.3) is 0 Å². The first-order valence-electron chi connectivity index (χ1n) is 5.23. The number of benzene rings is 1. The summed E-state index contributed by atoms with van der Waals surface area (Å²) in [6.45, 7) is 1.19. The van der Waals surface area contributed by atoms with E-state index in [4.69, 9.17) is 16.0 Å². The second-order valence-corrected chi connectivity index (χ2v) is 3.95. The molecule has 5 nitrogen and oxygen atoms in total. The van der Waals surface area contributed by atoms with Gasteiger partial charge in [-0.3, -0.25) is 0 Å². The first-order chi connectivity index (χ1) is 8.28. The fourth-order valence-corrected chi connectivity index (χ4v) is 1.45. The molecule has 2 N–H and O–H groups in total. The summed E-state index contributed by atoms with van der Waals surface area (Å²) >= 11 is 5.80. The number of nitrogens with one attached hydrogen (secondary N) is 2. The quantitative estimate of drug-likeness (QED) is 0.853. The van der Waals surface area contributed by atoms with E-state index in [1.807, 2.05) is 31.3 Å². The molecule has 6 heteroatoms. The van der Waals surface area contributed by atoms with E-state index in [1.165, 1.54) is 0 Å². The Balaban J connectivity index is 1.90. The third kappa shape index (κ3) is 3.44. The molecule has 0 atom stereocenters. The maximum absolute atomic E-state index is 5.80. The van der Waals surface area contributed by atoms with Crippen molar-refractivity contribution in [2.45, 2.75) is 13.1 Å². The smallest absolute Gasteiger partial charge is 0.315 e. The van der Waals surface area contributed by atoms with Crippen LogP contribution in [0.3, 0.4) is 0 Å². The summed E-state index contributed by atoms with van der Waals surface area (Å²) in [6.07, 6.45) is 0. The minimum atomic E-state index is 0.421. The van der Waals surface area contributed by atoms with Gasteiger partial charge in [0, 0.05) is 11.6 Å². The van der Waals surface area contributed by atoms with Gasteiger partial charge in [-0.05, 0) is 24.7 Å². The summed E-state index contributed by atoms with van der Waals surface area (Å²) in [4.78, 5) is 0. The van der Waals surface area contributed by atoms with Crippen molar-refractivity contribution in [2.75, 3.05) is 12.4 Å². The van der Waals surface area contributed by atoms with Gasteiger partial charge in [-0.25, -0.2) is 0 Å². The third-order valence-electron chi connectivity index (χ3n) is 2.15. The average molecular weight is 253 g/mol. The second-order valence-electron chi connectivity index (χ2n) is 3.51. The molecule has 1 aromatic carbocycles. The first-order valence-corrected chi connectivity index (χ1v) is 5.61. The highest BCUT2D eigenvalue weighted by Gasteiger charge is 2.04. The largest absolute Gasteiger partial charge is 0.407 e. The van der Waals surface area contributed by atoms with Crippen LogP contribution in [0.1, 0.15) is 11.5 Å². The van der Waals surface area contributed by atoms with Crippen molar-refractivity contribution >= 4 is 17.6 Å². The van der Waals surface area contributed by atoms with Crippen molar-refractivity contribution in [2.24, 2.45) is 0 Å². The maximum Gasteiger partial charge on any atom is 0.315 e. The fraction of sp³-hybridized carbons (Fsp3) is 0.273. The van der Waals surface area contributed by atoms with Crippen molar-refractivity contribution in [3.8, 4) is 0 Å². The second kappa shape index (κ2) is 5.65. The SMILES string of the molecule is CNCc1nnc(NCc2ccc(Cl)cc2)o1. The number of hydrogen-bond donors (Lipinski definition) is 2. The van der Waals surface area contributed by atoms with Crippen LogP contribution in [0.2, 0.25) is 5.02 Å². The van der Waals surface area contributed by atoms with E-state index in [0.717, 1.165) is 10.6 Å². The number of halogens is 1. The van der Waals surface area contributed by atoms with Gasteiger partial charge in [0.2, 0.25) is 5.89 Å². The Labute approximate surface area is 104 Å². The van der Waals surface area contributed by atoms with Crippen LogP contribution in [-0.4, -0.2) is 17.2 Å². The predicted octanol–water partition coefficient (Wildman–Crippen LogP) is 2.05. The zero-order chi connectivity index (χ0) is 12.1. The molecule has 90 valence electrons. The number of hydrogen-bond acceptors (Lipinski definition) is 5. The zero-order valence-electron chi connectivity index (χ0n) is 9.40. The van der Waals surface area contributed by atoms with E-state index in [0.29, 0.717) is 25.0 Å². The van der Waals surface area contributed by atoms with Crippen molar-refractivity contribution in [1.82, 2.24) is 15.5 Å². The zero-order valence-corrected chi connectivity index (χ0v) is 10.2. The molecule has 0 aliphatic heterocycles. The lowest BCUT2D eigenvalue weighted by molar-refractivity contribution is 0.489. The molecule has 0 bridgehead atoms. The fourth-order valence-electron chi connectivity index (χ4n) is 1.33. The van der Waals surface area contributed by atoms with Gasteiger partial charge in [-0.2, -0.15) is 0 Å². The van der Waals surface area contributed by atoms with Gasteiger partial charge in [0.25, 0.3) is 0 Å². The molecule has 0 aliphatic carbocycles. The van der Waals surface area contributed by atoms with Crippen LogP contribution < -0.4 is 10.6 Å². The van der Waals surface area contributed by atoms with Gasteiger partial charge >= 0.3 is 6.01 Å². The van der Waals surface area contributed by atoms with Gasteiger partial charge in [0.15, 0.2) is 0 Å². The lowest BCUT2D eigenvalue weighted by atomic mass is 10.2. The number of nitrogens with zero attached hydrogens (tertiary/aromatic N) is 2. The maximum atomic E-state index is 5.80. The van der Waals surface area contributed by atoms with E-state index in [2.05, 4.69) is 20.8 Å². The Morgan fingerprint density at radius 1 is 1.18 bits per heavy atom. The highest BCUT2D eigenvalue weighted by atomic mass is 35.5. The third-order valence-corrected chi connectivity index (χ3v) is 2.40. The Hall–Kier alpha value is -1.59. The number of aromatic nitrogens is 2. The van der Waals surface area contributed by atoms with Crippen molar-refractivity contribution in [3.63, 3.8) is 0 Å². The standard InChI is InChI=1S/C11H13ClN4O/c1-13-7-10-15-16-11(17-10)14-6-8-2-4-9(12)5-3-8/h2-5,13H,6-7H2,1H3,(H,14,16). The van der Waals surface area contributed by atoms with E-state index in [1.54, 1.807) is 0 Å². The molecule has 0 saturated carbocycles. The summed E-state index contributed by atoms with van der Waals surface area (Å²) in [7, 11) is 1.82. The molecule has 0 aliphatic rings. The average Bonchev–Trinajstić information content (AvgIpc) is 2.77. The molecule has 0 unspecified atom stereocenters. The molecule has 0 saturated heterocycles. The normalized spacial score (nSPS) is 10.5. The predicted molar refractivity (Wildman–Crippen MR) is 65.8 cm³/mol. The molecule has 17 heavy (non-hydrogen) atoms. The first kappa shape index (κ1) is 11.9. The van der Waals surface area contributed by atoms with Gasteiger partial charge in [-0.15, -0.1) is 5.10 Å². The van der Waals surface area contributed by atoms with Crippen molar-refractivity contribution < 1.29 is 4.42 Å². The molecule has 0 radical (unpaired) electrons. The highest BCUT2D eigenvalue weighted by Crippen LogP contribution is 2.11. The lowest BCUT2D eigenvalue weighted by Crippen LogP contribution is -2.04. The molecule has 0 amide bonds. The molecule has 0 fully saturated rings. The van der Waals surface area contributed by atoms with Gasteiger partial charge in [0.05, 0.1) is 6.54 Å². The van der Waals surface area contributed by atoms with Crippen LogP contribution in [0, 0.1) is 0 Å². The Morgan fingerprint density at radius 2 is 1.94 bits per heavy atom. The Bertz CT molecular complexity index is 469. The monoisotopic (exact) mass is 252 g/mol. The number of rotatable bonds is 5. The summed E-state index contributed by atoms with van der Waals surface area (Å²) in [5.41, 5.74) is 1.10. The molecular weight excluding hydrogens is 240 g/mol. The van der Waals surface area contributed by atoms with Crippen molar-refractivity contribution in [1.29, 1.82) is 0 Å². The van der Waals surface area contributed by atoms with Crippen LogP contribution in [-0.2, 0) is 13.1 Å². The van der Waals surface area contributed by atoms with Crippen LogP contribution in [0.15, 0.2) is 28.7 Å². The Morgan fingerprint density at radius 3 is 2.65 bits per heavy atom. The van der Waals surface area contributed by atoms with Gasteiger partial charge in [0.1, 0.15) is 0 Å². The summed E-state index contributed by atoms with van der Waals surface area (Å²) in [6, 6.07) is 8.00. The summed E-state index contributed by atoms with van der Waals surface area (Å²) in [5.74, 6) is 0.561. The molecule has 1 aromatic heterocycles. The lowest BCUT2D eigenvalue weighted by Gasteiger charge is -2.01. The highest BCUT2D eigenvalue weighted by molar-refractivity contribution is 6.30. The minimum Gasteiger partial charge on any atom is -0.407 e. The van der Waals surface area contributed by atoms with Crippen LogP contribution in [0.5, 0.6) is 0 Å². The molecule has 1 heterocycles.